The van der Waals surface area contributed by atoms with Gasteiger partial charge in [0.25, 0.3) is 0 Å². The summed E-state index contributed by atoms with van der Waals surface area (Å²) in [5.41, 5.74) is 5.61. The number of ether oxygens (including phenoxy) is 1. The molecule has 202 valence electrons. The van der Waals surface area contributed by atoms with Crippen LogP contribution in [0.1, 0.15) is 67.3 Å². The van der Waals surface area contributed by atoms with Crippen LogP contribution in [0.5, 0.6) is 5.75 Å². The molecule has 1 aliphatic heterocycles. The maximum absolute atomic E-state index is 13.8. The number of hydrogen-bond acceptors (Lipinski definition) is 5. The first-order valence-corrected chi connectivity index (χ1v) is 14.1. The van der Waals surface area contributed by atoms with Crippen LogP contribution in [0.25, 0.3) is 5.69 Å². The van der Waals surface area contributed by atoms with Gasteiger partial charge in [0.1, 0.15) is 18.1 Å². The molecule has 8 heteroatoms. The minimum atomic E-state index is -0.322. The second-order valence-electron chi connectivity index (χ2n) is 10.7. The molecule has 1 N–H and O–H groups in total. The molecule has 2 heterocycles. The molecule has 1 aliphatic rings. The number of methoxy groups -OCH3 is 1. The van der Waals surface area contributed by atoms with Gasteiger partial charge in [0, 0.05) is 23.1 Å². The predicted octanol–water partition coefficient (Wildman–Crippen LogP) is 5.49. The summed E-state index contributed by atoms with van der Waals surface area (Å²) in [5, 5.41) is 7.93. The van der Waals surface area contributed by atoms with Crippen molar-refractivity contribution in [1.29, 1.82) is 0 Å². The van der Waals surface area contributed by atoms with Gasteiger partial charge in [-0.15, -0.1) is 11.8 Å². The van der Waals surface area contributed by atoms with Crippen LogP contribution in [0.3, 0.4) is 0 Å². The first-order chi connectivity index (χ1) is 18.1. The number of nitrogens with zero attached hydrogens (tertiary/aromatic N) is 3. The van der Waals surface area contributed by atoms with Gasteiger partial charge in [0.15, 0.2) is 0 Å². The number of carbonyl (C=O) groups excluding carboxylic acids is 2. The monoisotopic (exact) mass is 534 g/mol. The van der Waals surface area contributed by atoms with Gasteiger partial charge in [-0.25, -0.2) is 4.68 Å². The maximum atomic E-state index is 13.8. The van der Waals surface area contributed by atoms with Crippen LogP contribution in [-0.2, 0) is 15.0 Å². The Labute approximate surface area is 229 Å². The number of rotatable bonds is 7. The Morgan fingerprint density at radius 3 is 2.58 bits per heavy atom. The van der Waals surface area contributed by atoms with E-state index in [0.29, 0.717) is 12.4 Å². The summed E-state index contributed by atoms with van der Waals surface area (Å²) in [5.74, 6) is 1.35. The minimum absolute atomic E-state index is 0.0643. The normalized spacial score (nSPS) is 15.7. The SMILES string of the molecule is CCCNC(=O)CN1C(=O)CS[C@H](c2ccccc2OC)c2c(C(C)(C)C)nn(-c3cccc(C)c3C)c21. The van der Waals surface area contributed by atoms with Gasteiger partial charge in [-0.05, 0) is 43.5 Å². The van der Waals surface area contributed by atoms with Crippen molar-refractivity contribution in [2.75, 3.05) is 30.9 Å². The highest BCUT2D eigenvalue weighted by Crippen LogP contribution is 2.50. The molecule has 38 heavy (non-hydrogen) atoms. The Kier molecular flexibility index (Phi) is 8.21. The third-order valence-corrected chi connectivity index (χ3v) is 8.14. The molecule has 0 unspecified atom stereocenters. The summed E-state index contributed by atoms with van der Waals surface area (Å²) in [6.07, 6.45) is 0.825. The highest BCUT2D eigenvalue weighted by molar-refractivity contribution is 8.00. The molecule has 1 aromatic heterocycles. The van der Waals surface area contributed by atoms with Crippen LogP contribution in [0, 0.1) is 13.8 Å². The van der Waals surface area contributed by atoms with Gasteiger partial charge >= 0.3 is 0 Å². The smallest absolute Gasteiger partial charge is 0.240 e. The molecule has 0 radical (unpaired) electrons. The maximum Gasteiger partial charge on any atom is 0.240 e. The quantitative estimate of drug-likeness (QED) is 0.434. The number of aryl methyl sites for hydroxylation is 1. The number of benzene rings is 2. The fourth-order valence-corrected chi connectivity index (χ4v) is 6.02. The van der Waals surface area contributed by atoms with Crippen molar-refractivity contribution in [1.82, 2.24) is 15.1 Å². The van der Waals surface area contributed by atoms with E-state index in [1.54, 1.807) is 23.8 Å². The molecule has 0 spiro atoms. The Balaban J connectivity index is 2.06. The average Bonchev–Trinajstić information content (AvgIpc) is 3.22. The summed E-state index contributed by atoms with van der Waals surface area (Å²) in [6, 6.07) is 14.0. The van der Waals surface area contributed by atoms with Crippen molar-refractivity contribution < 1.29 is 14.3 Å². The number of nitrogens with one attached hydrogen (secondary N) is 1. The van der Waals surface area contributed by atoms with E-state index in [9.17, 15) is 9.59 Å². The van der Waals surface area contributed by atoms with E-state index in [1.807, 2.05) is 41.9 Å². The van der Waals surface area contributed by atoms with Crippen molar-refractivity contribution in [3.05, 3.63) is 70.4 Å². The van der Waals surface area contributed by atoms with E-state index in [1.165, 1.54) is 0 Å². The molecule has 3 aromatic rings. The molecular formula is C30H38N4O3S. The third kappa shape index (κ3) is 5.32. The highest BCUT2D eigenvalue weighted by Gasteiger charge is 2.40. The molecule has 1 atom stereocenters. The molecular weight excluding hydrogens is 496 g/mol. The summed E-state index contributed by atoms with van der Waals surface area (Å²) in [6.45, 7) is 13.1. The zero-order chi connectivity index (χ0) is 27.6. The largest absolute Gasteiger partial charge is 0.496 e. The van der Waals surface area contributed by atoms with Crippen molar-refractivity contribution in [2.24, 2.45) is 0 Å². The first-order valence-electron chi connectivity index (χ1n) is 13.1. The highest BCUT2D eigenvalue weighted by atomic mass is 32.2. The van der Waals surface area contributed by atoms with Gasteiger partial charge in [0.05, 0.1) is 29.5 Å². The van der Waals surface area contributed by atoms with Crippen LogP contribution in [0.4, 0.5) is 5.82 Å². The summed E-state index contributed by atoms with van der Waals surface area (Å²) >= 11 is 1.56. The number of para-hydroxylation sites is 1. The lowest BCUT2D eigenvalue weighted by molar-refractivity contribution is -0.122. The average molecular weight is 535 g/mol. The van der Waals surface area contributed by atoms with E-state index in [0.717, 1.165) is 45.8 Å². The zero-order valence-corrected chi connectivity index (χ0v) is 24.2. The fraction of sp³-hybridized carbons (Fsp3) is 0.433. The molecule has 0 saturated heterocycles. The van der Waals surface area contributed by atoms with Gasteiger partial charge in [-0.3, -0.25) is 14.5 Å². The summed E-state index contributed by atoms with van der Waals surface area (Å²) in [4.78, 5) is 28.4. The number of aromatic nitrogens is 2. The van der Waals surface area contributed by atoms with Crippen LogP contribution >= 0.6 is 11.8 Å². The Hall–Kier alpha value is -3.26. The third-order valence-electron chi connectivity index (χ3n) is 6.90. The predicted molar refractivity (Wildman–Crippen MR) is 155 cm³/mol. The van der Waals surface area contributed by atoms with Gasteiger partial charge in [-0.1, -0.05) is 58.0 Å². The van der Waals surface area contributed by atoms with Gasteiger partial charge in [0.2, 0.25) is 11.8 Å². The molecule has 0 aliphatic carbocycles. The topological polar surface area (TPSA) is 76.5 Å². The zero-order valence-electron chi connectivity index (χ0n) is 23.4. The molecule has 0 bridgehead atoms. The second-order valence-corrected chi connectivity index (χ2v) is 11.8. The Morgan fingerprint density at radius 2 is 1.89 bits per heavy atom. The van der Waals surface area contributed by atoms with E-state index in [4.69, 9.17) is 9.84 Å². The van der Waals surface area contributed by atoms with E-state index in [-0.39, 0.29) is 34.8 Å². The fourth-order valence-electron chi connectivity index (χ4n) is 4.80. The van der Waals surface area contributed by atoms with Crippen molar-refractivity contribution in [3.63, 3.8) is 0 Å². The molecule has 0 saturated carbocycles. The number of carbonyl (C=O) groups is 2. The number of thioether (sulfide) groups is 1. The first kappa shape index (κ1) is 27.8. The van der Waals surface area contributed by atoms with Crippen LogP contribution in [-0.4, -0.2) is 47.5 Å². The van der Waals surface area contributed by atoms with Crippen LogP contribution < -0.4 is 15.0 Å². The Bertz CT molecular complexity index is 1340. The number of hydrogen-bond donors (Lipinski definition) is 1. The summed E-state index contributed by atoms with van der Waals surface area (Å²) < 4.78 is 7.65. The lowest BCUT2D eigenvalue weighted by Gasteiger charge is -2.25. The lowest BCUT2D eigenvalue weighted by atomic mass is 9.87. The van der Waals surface area contributed by atoms with Gasteiger partial charge < -0.3 is 10.1 Å². The Morgan fingerprint density at radius 1 is 1.16 bits per heavy atom. The second kappa shape index (κ2) is 11.2. The van der Waals surface area contributed by atoms with Crippen molar-refractivity contribution in [2.45, 2.75) is 58.6 Å². The molecule has 7 nitrogen and oxygen atoms in total. The standard InChI is InChI=1S/C30H38N4O3S/c1-8-16-31-24(35)17-33-25(36)18-38-27(21-13-9-10-15-23(21)37-7)26-28(30(4,5)6)32-34(29(26)33)22-14-11-12-19(2)20(22)3/h9-15,27H,8,16-18H2,1-7H3,(H,31,35)/t27-/m1/s1. The van der Waals surface area contributed by atoms with Crippen molar-refractivity contribution >= 4 is 29.4 Å². The van der Waals surface area contributed by atoms with Crippen LogP contribution in [0.15, 0.2) is 42.5 Å². The molecule has 0 fully saturated rings. The lowest BCUT2D eigenvalue weighted by Crippen LogP contribution is -2.42. The van der Waals surface area contributed by atoms with E-state index < -0.39 is 0 Å². The molecule has 2 aromatic carbocycles. The summed E-state index contributed by atoms with van der Waals surface area (Å²) in [7, 11) is 1.67. The number of fused-ring (bicyclic) bond motifs is 1. The van der Waals surface area contributed by atoms with Gasteiger partial charge in [-0.2, -0.15) is 5.10 Å². The van der Waals surface area contributed by atoms with E-state index in [2.05, 4.69) is 52.1 Å². The molecule has 4 rings (SSSR count). The van der Waals surface area contributed by atoms with Crippen LogP contribution in [0.2, 0.25) is 0 Å². The minimum Gasteiger partial charge on any atom is -0.496 e. The number of anilines is 1. The van der Waals surface area contributed by atoms with E-state index >= 15 is 0 Å². The van der Waals surface area contributed by atoms with Crippen molar-refractivity contribution in [3.8, 4) is 11.4 Å². The molecule has 2 amide bonds. The number of amides is 2.